The van der Waals surface area contributed by atoms with Gasteiger partial charge in [-0.2, -0.15) is 0 Å². The molecular weight excluding hydrogens is 350 g/mol. The molecule has 2 aliphatic heterocycles. The SMILES string of the molecule is CC.Cc1cnc(C)c(/C(N)=C/C(=C(\N)CC2CCOCC2)C2(C)COC2)c1. The minimum absolute atomic E-state index is 0.0645. The molecule has 0 amide bonds. The van der Waals surface area contributed by atoms with Crippen molar-refractivity contribution in [1.29, 1.82) is 0 Å². The Labute approximate surface area is 170 Å². The van der Waals surface area contributed by atoms with Crippen molar-refractivity contribution in [1.82, 2.24) is 4.98 Å². The predicted octanol–water partition coefficient (Wildman–Crippen LogP) is 4.09. The summed E-state index contributed by atoms with van der Waals surface area (Å²) in [5.41, 5.74) is 18.8. The van der Waals surface area contributed by atoms with Gasteiger partial charge in [0.25, 0.3) is 0 Å². The van der Waals surface area contributed by atoms with Gasteiger partial charge in [0.05, 0.1) is 13.2 Å². The molecule has 0 saturated carbocycles. The van der Waals surface area contributed by atoms with Crippen LogP contribution in [-0.2, 0) is 9.47 Å². The van der Waals surface area contributed by atoms with E-state index in [9.17, 15) is 0 Å². The van der Waals surface area contributed by atoms with Crippen molar-refractivity contribution >= 4 is 5.70 Å². The Morgan fingerprint density at radius 1 is 1.18 bits per heavy atom. The molecular formula is C23H37N3O2. The van der Waals surface area contributed by atoms with Crippen LogP contribution in [0.15, 0.2) is 29.6 Å². The van der Waals surface area contributed by atoms with Crippen molar-refractivity contribution < 1.29 is 9.47 Å². The number of nitrogens with two attached hydrogens (primary N) is 2. The van der Waals surface area contributed by atoms with E-state index in [0.29, 0.717) is 19.1 Å². The second kappa shape index (κ2) is 10.1. The van der Waals surface area contributed by atoms with E-state index in [-0.39, 0.29) is 5.41 Å². The maximum absolute atomic E-state index is 6.61. The molecule has 4 N–H and O–H groups in total. The minimum Gasteiger partial charge on any atom is -0.402 e. The van der Waals surface area contributed by atoms with Gasteiger partial charge in [-0.15, -0.1) is 0 Å². The topological polar surface area (TPSA) is 83.4 Å². The Kier molecular flexibility index (Phi) is 8.08. The third-order valence-electron chi connectivity index (χ3n) is 5.52. The van der Waals surface area contributed by atoms with Gasteiger partial charge in [-0.1, -0.05) is 20.8 Å². The number of hydrogen-bond acceptors (Lipinski definition) is 5. The third-order valence-corrected chi connectivity index (χ3v) is 5.52. The highest BCUT2D eigenvalue weighted by atomic mass is 16.5. The fraction of sp³-hybridized carbons (Fsp3) is 0.609. The molecule has 1 aromatic rings. The smallest absolute Gasteiger partial charge is 0.0583 e. The zero-order chi connectivity index (χ0) is 20.7. The lowest BCUT2D eigenvalue weighted by molar-refractivity contribution is -0.0765. The molecule has 5 heteroatoms. The number of pyridine rings is 1. The first kappa shape index (κ1) is 22.4. The lowest BCUT2D eigenvalue weighted by Crippen LogP contribution is -2.42. The van der Waals surface area contributed by atoms with Crippen LogP contribution in [0.1, 0.15) is 56.9 Å². The summed E-state index contributed by atoms with van der Waals surface area (Å²) in [7, 11) is 0. The standard InChI is InChI=1S/C21H31N3O2.C2H6/c1-14-8-17(15(2)24-11-14)19(22)10-18(21(3)12-26-13-21)20(23)9-16-4-6-25-7-5-16;1-2/h8,10-11,16H,4-7,9,12-13,22-23H2,1-3H3;1-2H3/b19-10-,20-18+;. The van der Waals surface area contributed by atoms with Gasteiger partial charge >= 0.3 is 0 Å². The second-order valence-electron chi connectivity index (χ2n) is 8.00. The van der Waals surface area contributed by atoms with Crippen LogP contribution in [0.5, 0.6) is 0 Å². The first-order valence-electron chi connectivity index (χ1n) is 10.4. The highest BCUT2D eigenvalue weighted by molar-refractivity contribution is 5.68. The number of aromatic nitrogens is 1. The monoisotopic (exact) mass is 387 g/mol. The van der Waals surface area contributed by atoms with Crippen molar-refractivity contribution in [3.8, 4) is 0 Å². The lowest BCUT2D eigenvalue weighted by atomic mass is 9.77. The first-order chi connectivity index (χ1) is 13.4. The molecule has 0 spiro atoms. The van der Waals surface area contributed by atoms with E-state index in [4.69, 9.17) is 20.9 Å². The van der Waals surface area contributed by atoms with Crippen molar-refractivity contribution in [2.24, 2.45) is 22.8 Å². The van der Waals surface area contributed by atoms with Gasteiger partial charge < -0.3 is 20.9 Å². The quantitative estimate of drug-likeness (QED) is 0.744. The molecule has 0 bridgehead atoms. The van der Waals surface area contributed by atoms with Crippen LogP contribution in [0.25, 0.3) is 5.70 Å². The number of rotatable bonds is 5. The Morgan fingerprint density at radius 2 is 1.82 bits per heavy atom. The van der Waals surface area contributed by atoms with E-state index in [1.165, 1.54) is 0 Å². The second-order valence-corrected chi connectivity index (χ2v) is 8.00. The van der Waals surface area contributed by atoms with Crippen molar-refractivity contribution in [3.63, 3.8) is 0 Å². The molecule has 2 fully saturated rings. The van der Waals surface area contributed by atoms with Crippen LogP contribution in [0.4, 0.5) is 0 Å². The largest absolute Gasteiger partial charge is 0.402 e. The van der Waals surface area contributed by atoms with Crippen LogP contribution < -0.4 is 11.5 Å². The van der Waals surface area contributed by atoms with Crippen molar-refractivity contribution in [3.05, 3.63) is 46.4 Å². The Morgan fingerprint density at radius 3 is 2.39 bits per heavy atom. The van der Waals surface area contributed by atoms with Crippen molar-refractivity contribution in [2.75, 3.05) is 26.4 Å². The van der Waals surface area contributed by atoms with E-state index in [0.717, 1.165) is 66.3 Å². The van der Waals surface area contributed by atoms with Gasteiger partial charge in [0.15, 0.2) is 0 Å². The van der Waals surface area contributed by atoms with Crippen LogP contribution >= 0.6 is 0 Å². The Balaban J connectivity index is 0.00000136. The fourth-order valence-electron chi connectivity index (χ4n) is 3.75. The Bertz CT molecular complexity index is 715. The maximum Gasteiger partial charge on any atom is 0.0583 e. The summed E-state index contributed by atoms with van der Waals surface area (Å²) in [6.45, 7) is 13.3. The summed E-state index contributed by atoms with van der Waals surface area (Å²) in [5.74, 6) is 0.584. The number of ether oxygens (including phenoxy) is 2. The van der Waals surface area contributed by atoms with Crippen LogP contribution in [0.2, 0.25) is 0 Å². The normalized spacial score (nSPS) is 20.5. The van der Waals surface area contributed by atoms with Crippen LogP contribution in [-0.4, -0.2) is 31.4 Å². The van der Waals surface area contributed by atoms with Gasteiger partial charge in [-0.05, 0) is 62.3 Å². The van der Waals surface area contributed by atoms with E-state index in [1.54, 1.807) is 0 Å². The molecule has 156 valence electrons. The van der Waals surface area contributed by atoms with E-state index >= 15 is 0 Å². The average molecular weight is 388 g/mol. The number of hydrogen-bond donors (Lipinski definition) is 2. The summed E-state index contributed by atoms with van der Waals surface area (Å²) in [6, 6.07) is 2.08. The van der Waals surface area contributed by atoms with Gasteiger partial charge in [0.1, 0.15) is 0 Å². The van der Waals surface area contributed by atoms with Gasteiger partial charge in [-0.25, -0.2) is 0 Å². The van der Waals surface area contributed by atoms with Gasteiger partial charge in [-0.3, -0.25) is 4.98 Å². The van der Waals surface area contributed by atoms with Gasteiger partial charge in [0.2, 0.25) is 0 Å². The number of nitrogens with zero attached hydrogens (tertiary/aromatic N) is 1. The van der Waals surface area contributed by atoms with Crippen LogP contribution in [0, 0.1) is 25.2 Å². The third kappa shape index (κ3) is 5.36. The van der Waals surface area contributed by atoms with E-state index < -0.39 is 0 Å². The summed E-state index contributed by atoms with van der Waals surface area (Å²) < 4.78 is 11.0. The number of allylic oxidation sites excluding steroid dienone is 2. The first-order valence-corrected chi connectivity index (χ1v) is 10.4. The Hall–Kier alpha value is -1.85. The van der Waals surface area contributed by atoms with Crippen LogP contribution in [0.3, 0.4) is 0 Å². The number of aryl methyl sites for hydroxylation is 2. The van der Waals surface area contributed by atoms with E-state index in [1.807, 2.05) is 33.9 Å². The molecule has 0 aliphatic carbocycles. The molecule has 0 unspecified atom stereocenters. The molecule has 0 aromatic carbocycles. The molecule has 2 saturated heterocycles. The minimum atomic E-state index is -0.0645. The molecule has 3 rings (SSSR count). The summed E-state index contributed by atoms with van der Waals surface area (Å²) >= 11 is 0. The van der Waals surface area contributed by atoms with E-state index in [2.05, 4.69) is 24.1 Å². The predicted molar refractivity (Wildman–Crippen MR) is 116 cm³/mol. The maximum atomic E-state index is 6.61. The molecule has 1 aromatic heterocycles. The zero-order valence-corrected chi connectivity index (χ0v) is 18.2. The van der Waals surface area contributed by atoms with Gasteiger partial charge in [0, 0.05) is 47.5 Å². The lowest BCUT2D eigenvalue weighted by Gasteiger charge is -2.40. The molecule has 2 aliphatic rings. The summed E-state index contributed by atoms with van der Waals surface area (Å²) in [5, 5.41) is 0. The molecule has 28 heavy (non-hydrogen) atoms. The molecule has 0 atom stereocenters. The molecule has 0 radical (unpaired) electrons. The molecule has 5 nitrogen and oxygen atoms in total. The zero-order valence-electron chi connectivity index (χ0n) is 18.2. The summed E-state index contributed by atoms with van der Waals surface area (Å²) in [6.07, 6.45) is 6.95. The van der Waals surface area contributed by atoms with Crippen molar-refractivity contribution in [2.45, 2.75) is 53.9 Å². The highest BCUT2D eigenvalue weighted by Gasteiger charge is 2.38. The fourth-order valence-corrected chi connectivity index (χ4v) is 3.75. The highest BCUT2D eigenvalue weighted by Crippen LogP contribution is 2.39. The molecule has 3 heterocycles. The summed E-state index contributed by atoms with van der Waals surface area (Å²) in [4.78, 5) is 4.44. The average Bonchev–Trinajstić information content (AvgIpc) is 2.68.